The summed E-state index contributed by atoms with van der Waals surface area (Å²) in [5.74, 6) is 2.36. The first-order chi connectivity index (χ1) is 27.5. The number of benzene rings is 6. The van der Waals surface area contributed by atoms with Crippen molar-refractivity contribution in [3.63, 3.8) is 0 Å². The molecule has 0 aliphatic heterocycles. The van der Waals surface area contributed by atoms with E-state index in [0.717, 1.165) is 61.8 Å². The smallest absolute Gasteiger partial charge is 0.268 e. The van der Waals surface area contributed by atoms with E-state index in [1.54, 1.807) is 0 Å². The summed E-state index contributed by atoms with van der Waals surface area (Å²) >= 11 is 0. The summed E-state index contributed by atoms with van der Waals surface area (Å²) in [7, 11) is 0. The Hall–Kier alpha value is -6.72. The number of ether oxygens (including phenoxy) is 1. The Bertz CT molecular complexity index is 2890. The van der Waals surface area contributed by atoms with Gasteiger partial charge < -0.3 is 4.74 Å². The summed E-state index contributed by atoms with van der Waals surface area (Å²) in [6.45, 7) is 13.5. The van der Waals surface area contributed by atoms with Crippen molar-refractivity contribution in [1.82, 2.24) is 14.1 Å². The summed E-state index contributed by atoms with van der Waals surface area (Å²) in [6.07, 6.45) is 9.68. The lowest BCUT2D eigenvalue weighted by Crippen LogP contribution is -2.29. The van der Waals surface area contributed by atoms with E-state index >= 15 is 0 Å². The van der Waals surface area contributed by atoms with E-state index in [1.165, 1.54) is 22.1 Å². The van der Waals surface area contributed by atoms with Gasteiger partial charge in [0.1, 0.15) is 17.3 Å². The van der Waals surface area contributed by atoms with Gasteiger partial charge in [0.15, 0.2) is 0 Å². The number of rotatable bonds is 7. The second kappa shape index (κ2) is 14.1. The number of nitrogens with zero attached hydrogens (tertiary/aromatic N) is 4. The van der Waals surface area contributed by atoms with E-state index in [4.69, 9.17) is 9.72 Å². The standard InChI is InChI=1S/C52H46N4O/c1-51(2,3)39-21-24-47(46(31-39)37-17-11-8-12-18-37)55-28-27-54(35-55)41-29-38(36-15-9-7-10-16-36)30-43(33-41)57-42-22-23-45-44-19-13-14-20-48(44)56(49(45)34-42)50-32-40(25-26-53-50)52(4,5)6/h7-34H,1-6H3. The van der Waals surface area contributed by atoms with Crippen molar-refractivity contribution in [1.29, 1.82) is 0 Å². The van der Waals surface area contributed by atoms with E-state index in [9.17, 15) is 0 Å². The molecule has 0 fully saturated rings. The van der Waals surface area contributed by atoms with Gasteiger partial charge in [-0.15, -0.1) is 0 Å². The van der Waals surface area contributed by atoms with Gasteiger partial charge in [-0.3, -0.25) is 13.7 Å². The van der Waals surface area contributed by atoms with Crippen LogP contribution in [0.15, 0.2) is 170 Å². The van der Waals surface area contributed by atoms with Crippen molar-refractivity contribution in [2.45, 2.75) is 52.4 Å². The molecule has 9 rings (SSSR count). The fraction of sp³-hybridized carbons (Fsp3) is 0.154. The molecule has 0 atom stereocenters. The third-order valence-electron chi connectivity index (χ3n) is 10.8. The molecule has 3 aromatic heterocycles. The first-order valence-electron chi connectivity index (χ1n) is 19.6. The van der Waals surface area contributed by atoms with Gasteiger partial charge in [0.25, 0.3) is 6.33 Å². The molecule has 0 saturated carbocycles. The quantitative estimate of drug-likeness (QED) is 0.120. The van der Waals surface area contributed by atoms with Crippen LogP contribution < -0.4 is 9.30 Å². The molecule has 0 aliphatic rings. The lowest BCUT2D eigenvalue weighted by Gasteiger charge is -2.22. The van der Waals surface area contributed by atoms with Gasteiger partial charge in [0, 0.05) is 35.4 Å². The fourth-order valence-corrected chi connectivity index (χ4v) is 7.64. The molecule has 0 amide bonds. The number of hydrogen-bond acceptors (Lipinski definition) is 2. The van der Waals surface area contributed by atoms with Crippen LogP contribution in [0.4, 0.5) is 0 Å². The van der Waals surface area contributed by atoms with E-state index in [-0.39, 0.29) is 10.8 Å². The van der Waals surface area contributed by atoms with Crippen LogP contribution >= 0.6 is 0 Å². The molecular formula is C52H46N4O. The van der Waals surface area contributed by atoms with Gasteiger partial charge in [0.05, 0.1) is 22.4 Å². The molecule has 0 unspecified atom stereocenters. The third kappa shape index (κ3) is 7.02. The zero-order valence-corrected chi connectivity index (χ0v) is 33.4. The highest BCUT2D eigenvalue weighted by Gasteiger charge is 2.20. The van der Waals surface area contributed by atoms with Crippen molar-refractivity contribution in [2.24, 2.45) is 0 Å². The predicted molar refractivity (Wildman–Crippen MR) is 233 cm³/mol. The highest BCUT2D eigenvalue weighted by molar-refractivity contribution is 6.09. The second-order valence-electron chi connectivity index (χ2n) is 16.9. The summed E-state index contributed by atoms with van der Waals surface area (Å²) in [6, 6.07) is 53.4. The maximum absolute atomic E-state index is 6.82. The molecule has 280 valence electrons. The predicted octanol–water partition coefficient (Wildman–Crippen LogP) is 12.8. The van der Waals surface area contributed by atoms with Crippen molar-refractivity contribution in [2.75, 3.05) is 0 Å². The first kappa shape index (κ1) is 35.9. The van der Waals surface area contributed by atoms with Gasteiger partial charge in [-0.1, -0.05) is 133 Å². The van der Waals surface area contributed by atoms with Crippen LogP contribution in [0.1, 0.15) is 52.7 Å². The molecular weight excluding hydrogens is 697 g/mol. The molecule has 0 saturated heterocycles. The zero-order chi connectivity index (χ0) is 39.3. The molecule has 57 heavy (non-hydrogen) atoms. The maximum Gasteiger partial charge on any atom is 0.268 e. The van der Waals surface area contributed by atoms with Crippen molar-refractivity contribution in [3.05, 3.63) is 188 Å². The number of imidazole rings is 1. The Morgan fingerprint density at radius 2 is 1.25 bits per heavy atom. The van der Waals surface area contributed by atoms with Gasteiger partial charge in [-0.2, -0.15) is 0 Å². The van der Waals surface area contributed by atoms with Crippen LogP contribution in [0, 0.1) is 6.33 Å². The second-order valence-corrected chi connectivity index (χ2v) is 16.9. The summed E-state index contributed by atoms with van der Waals surface area (Å²) in [5, 5.41) is 2.33. The Kier molecular flexibility index (Phi) is 8.89. The summed E-state index contributed by atoms with van der Waals surface area (Å²) in [5.41, 5.74) is 11.2. The molecule has 0 spiro atoms. The minimum Gasteiger partial charge on any atom is -0.458 e. The average Bonchev–Trinajstić information content (AvgIpc) is 3.84. The Balaban J connectivity index is 1.14. The van der Waals surface area contributed by atoms with Gasteiger partial charge in [-0.05, 0) is 98.8 Å². The number of aromatic nitrogens is 4. The Morgan fingerprint density at radius 3 is 2.00 bits per heavy atom. The van der Waals surface area contributed by atoms with E-state index in [0.29, 0.717) is 0 Å². The molecule has 5 heteroatoms. The normalized spacial score (nSPS) is 12.0. The van der Waals surface area contributed by atoms with Crippen LogP contribution in [-0.4, -0.2) is 14.1 Å². The molecule has 6 aromatic carbocycles. The largest absolute Gasteiger partial charge is 0.458 e. The molecule has 3 heterocycles. The van der Waals surface area contributed by atoms with Gasteiger partial charge in [0.2, 0.25) is 0 Å². The molecule has 0 aliphatic carbocycles. The van der Waals surface area contributed by atoms with Gasteiger partial charge in [-0.25, -0.2) is 4.98 Å². The Morgan fingerprint density at radius 1 is 0.561 bits per heavy atom. The number of fused-ring (bicyclic) bond motifs is 3. The van der Waals surface area contributed by atoms with E-state index in [2.05, 4.69) is 215 Å². The van der Waals surface area contributed by atoms with Crippen LogP contribution in [0.25, 0.3) is 61.3 Å². The molecule has 0 N–H and O–H groups in total. The first-order valence-corrected chi connectivity index (χ1v) is 19.6. The minimum atomic E-state index is -0.0102. The zero-order valence-electron chi connectivity index (χ0n) is 33.4. The lowest BCUT2D eigenvalue weighted by molar-refractivity contribution is -0.598. The maximum atomic E-state index is 6.82. The average molecular weight is 743 g/mol. The van der Waals surface area contributed by atoms with Crippen LogP contribution in [0.3, 0.4) is 0 Å². The van der Waals surface area contributed by atoms with E-state index in [1.807, 2.05) is 16.8 Å². The molecule has 5 nitrogen and oxygen atoms in total. The topological polar surface area (TPSA) is 35.9 Å². The van der Waals surface area contributed by atoms with Crippen LogP contribution in [0.5, 0.6) is 11.5 Å². The van der Waals surface area contributed by atoms with Crippen LogP contribution in [-0.2, 0) is 10.8 Å². The SMILES string of the molecule is CC(C)(C)c1ccnc(-n2c3ccccc3c3ccc(Oc4cc(-c5ccccc5)cc(-n5[c-][n+](-c6ccc(C(C)(C)C)cc6-c6ccccc6)cc5)c4)cc32)c1. The summed E-state index contributed by atoms with van der Waals surface area (Å²) in [4.78, 5) is 4.87. The molecule has 0 radical (unpaired) electrons. The highest BCUT2D eigenvalue weighted by atomic mass is 16.5. The fourth-order valence-electron chi connectivity index (χ4n) is 7.64. The molecule has 9 aromatic rings. The van der Waals surface area contributed by atoms with Crippen molar-refractivity contribution in [3.8, 4) is 50.9 Å². The lowest BCUT2D eigenvalue weighted by atomic mass is 9.85. The minimum absolute atomic E-state index is 0.0102. The monoisotopic (exact) mass is 742 g/mol. The Labute approximate surface area is 335 Å². The summed E-state index contributed by atoms with van der Waals surface area (Å²) < 4.78 is 13.2. The van der Waals surface area contributed by atoms with Crippen molar-refractivity contribution < 1.29 is 9.30 Å². The third-order valence-corrected chi connectivity index (χ3v) is 10.8. The number of pyridine rings is 1. The molecule has 0 bridgehead atoms. The van der Waals surface area contributed by atoms with Gasteiger partial charge >= 0.3 is 0 Å². The van der Waals surface area contributed by atoms with Crippen molar-refractivity contribution >= 4 is 21.8 Å². The van der Waals surface area contributed by atoms with E-state index < -0.39 is 0 Å². The highest BCUT2D eigenvalue weighted by Crippen LogP contribution is 2.37. The number of hydrogen-bond donors (Lipinski definition) is 0. The van der Waals surface area contributed by atoms with Crippen LogP contribution in [0.2, 0.25) is 0 Å². The number of para-hydroxylation sites is 1.